The predicted molar refractivity (Wildman–Crippen MR) is 121 cm³/mol. The van der Waals surface area contributed by atoms with Crippen LogP contribution in [-0.4, -0.2) is 19.0 Å². The first kappa shape index (κ1) is 20.6. The van der Waals surface area contributed by atoms with E-state index in [-0.39, 0.29) is 4.75 Å². The minimum absolute atomic E-state index is 0.173. The van der Waals surface area contributed by atoms with Crippen molar-refractivity contribution >= 4 is 17.3 Å². The van der Waals surface area contributed by atoms with Crippen LogP contribution in [0.2, 0.25) is 0 Å². The van der Waals surface area contributed by atoms with E-state index in [2.05, 4.69) is 62.9 Å². The van der Waals surface area contributed by atoms with Crippen LogP contribution >= 0.6 is 11.8 Å². The van der Waals surface area contributed by atoms with Crippen molar-refractivity contribution in [2.45, 2.75) is 44.3 Å². The molecule has 0 aromatic heterocycles. The van der Waals surface area contributed by atoms with E-state index in [1.54, 1.807) is 14.2 Å². The standard InChI is InChI=1S/C25H30O2S/c1-18-6-9-20(10-7-18)11-8-19(2)28-25(3)15-14-22(17-25)21-12-13-23(26-4)24(16-21)27-5/h6-7,9-10,12-14,16H,2,8,11,15,17H2,1,3-5H3. The Morgan fingerprint density at radius 1 is 1.07 bits per heavy atom. The van der Waals surface area contributed by atoms with Crippen LogP contribution in [0.25, 0.3) is 5.57 Å². The maximum absolute atomic E-state index is 5.46. The van der Waals surface area contributed by atoms with Gasteiger partial charge in [0, 0.05) is 4.75 Å². The number of aryl methyl sites for hydroxylation is 2. The highest BCUT2D eigenvalue weighted by Crippen LogP contribution is 2.48. The number of hydrogen-bond donors (Lipinski definition) is 0. The second-order valence-corrected chi connectivity index (χ2v) is 9.52. The molecule has 0 N–H and O–H groups in total. The summed E-state index contributed by atoms with van der Waals surface area (Å²) >= 11 is 1.95. The Kier molecular flexibility index (Phi) is 6.56. The van der Waals surface area contributed by atoms with Crippen LogP contribution in [0.5, 0.6) is 11.5 Å². The smallest absolute Gasteiger partial charge is 0.161 e. The molecule has 0 fully saturated rings. The van der Waals surface area contributed by atoms with E-state index in [4.69, 9.17) is 9.47 Å². The lowest BCUT2D eigenvalue weighted by Gasteiger charge is -2.25. The Labute approximate surface area is 173 Å². The molecule has 0 amide bonds. The van der Waals surface area contributed by atoms with Gasteiger partial charge in [0.2, 0.25) is 0 Å². The Hall–Kier alpha value is -2.13. The largest absolute Gasteiger partial charge is 0.493 e. The summed E-state index contributed by atoms with van der Waals surface area (Å²) in [5.41, 5.74) is 5.28. The molecule has 0 heterocycles. The molecule has 3 heteroatoms. The summed E-state index contributed by atoms with van der Waals surface area (Å²) in [5, 5.41) is 0. The summed E-state index contributed by atoms with van der Waals surface area (Å²) in [6, 6.07) is 15.0. The average molecular weight is 395 g/mol. The molecule has 1 aliphatic rings. The molecule has 1 atom stereocenters. The quantitative estimate of drug-likeness (QED) is 0.489. The van der Waals surface area contributed by atoms with Gasteiger partial charge >= 0.3 is 0 Å². The third-order valence-electron chi connectivity index (χ3n) is 5.30. The molecule has 2 aromatic rings. The lowest BCUT2D eigenvalue weighted by molar-refractivity contribution is 0.355. The molecule has 0 bridgehead atoms. The van der Waals surface area contributed by atoms with E-state index in [9.17, 15) is 0 Å². The van der Waals surface area contributed by atoms with Crippen molar-refractivity contribution in [3.63, 3.8) is 0 Å². The fraction of sp³-hybridized carbons (Fsp3) is 0.360. The number of allylic oxidation sites excluding steroid dienone is 3. The molecule has 1 unspecified atom stereocenters. The zero-order valence-electron chi connectivity index (χ0n) is 17.4. The first-order valence-electron chi connectivity index (χ1n) is 9.76. The van der Waals surface area contributed by atoms with Crippen molar-refractivity contribution in [1.82, 2.24) is 0 Å². The van der Waals surface area contributed by atoms with Gasteiger partial charge in [0.05, 0.1) is 14.2 Å². The van der Waals surface area contributed by atoms with E-state index in [0.717, 1.165) is 37.2 Å². The summed E-state index contributed by atoms with van der Waals surface area (Å²) in [7, 11) is 3.35. The number of ether oxygens (including phenoxy) is 2. The van der Waals surface area contributed by atoms with E-state index in [1.165, 1.54) is 27.2 Å². The van der Waals surface area contributed by atoms with Gasteiger partial charge in [-0.2, -0.15) is 0 Å². The van der Waals surface area contributed by atoms with Crippen LogP contribution < -0.4 is 9.47 Å². The minimum atomic E-state index is 0.173. The van der Waals surface area contributed by atoms with Gasteiger partial charge in [0.1, 0.15) is 0 Å². The molecule has 148 valence electrons. The second kappa shape index (κ2) is 8.91. The first-order chi connectivity index (χ1) is 13.4. The van der Waals surface area contributed by atoms with Crippen molar-refractivity contribution < 1.29 is 9.47 Å². The van der Waals surface area contributed by atoms with E-state index in [1.807, 2.05) is 17.8 Å². The van der Waals surface area contributed by atoms with E-state index >= 15 is 0 Å². The normalized spacial score (nSPS) is 18.6. The van der Waals surface area contributed by atoms with Gasteiger partial charge in [0.25, 0.3) is 0 Å². The van der Waals surface area contributed by atoms with Crippen LogP contribution in [-0.2, 0) is 6.42 Å². The van der Waals surface area contributed by atoms with Gasteiger partial charge in [-0.1, -0.05) is 48.6 Å². The first-order valence-corrected chi connectivity index (χ1v) is 10.6. The molecule has 0 saturated carbocycles. The third-order valence-corrected chi connectivity index (χ3v) is 6.60. The summed E-state index contributed by atoms with van der Waals surface area (Å²) in [5.74, 6) is 1.55. The fourth-order valence-electron chi connectivity index (χ4n) is 3.66. The lowest BCUT2D eigenvalue weighted by Crippen LogP contribution is -2.15. The molecule has 1 aliphatic carbocycles. The van der Waals surface area contributed by atoms with Crippen LogP contribution in [0.3, 0.4) is 0 Å². The minimum Gasteiger partial charge on any atom is -0.493 e. The van der Waals surface area contributed by atoms with Crippen LogP contribution in [0.1, 0.15) is 42.9 Å². The number of methoxy groups -OCH3 is 2. The Bertz CT molecular complexity index is 867. The van der Waals surface area contributed by atoms with Crippen LogP contribution in [0.4, 0.5) is 0 Å². The van der Waals surface area contributed by atoms with Gasteiger partial charge in [0.15, 0.2) is 11.5 Å². The van der Waals surface area contributed by atoms with E-state index < -0.39 is 0 Å². The molecule has 2 nitrogen and oxygen atoms in total. The number of thioether (sulfide) groups is 1. The molecular formula is C25H30O2S. The van der Waals surface area contributed by atoms with Crippen molar-refractivity contribution in [1.29, 1.82) is 0 Å². The maximum Gasteiger partial charge on any atom is 0.161 e. The molecule has 0 aliphatic heterocycles. The molecule has 28 heavy (non-hydrogen) atoms. The summed E-state index contributed by atoms with van der Waals surface area (Å²) in [4.78, 5) is 1.27. The van der Waals surface area contributed by atoms with Gasteiger partial charge in [-0.05, 0) is 73.3 Å². The molecule has 0 radical (unpaired) electrons. The van der Waals surface area contributed by atoms with Gasteiger partial charge in [-0.25, -0.2) is 0 Å². The molecule has 0 saturated heterocycles. The van der Waals surface area contributed by atoms with Crippen LogP contribution in [0.15, 0.2) is 60.0 Å². The van der Waals surface area contributed by atoms with Gasteiger partial charge in [-0.3, -0.25) is 0 Å². The summed E-state index contributed by atoms with van der Waals surface area (Å²) in [6.45, 7) is 8.82. The van der Waals surface area contributed by atoms with Crippen molar-refractivity contribution in [2.75, 3.05) is 14.2 Å². The highest BCUT2D eigenvalue weighted by Gasteiger charge is 2.31. The Morgan fingerprint density at radius 2 is 1.79 bits per heavy atom. The van der Waals surface area contributed by atoms with Gasteiger partial charge in [-0.15, -0.1) is 11.8 Å². The third kappa shape index (κ3) is 5.02. The zero-order valence-corrected chi connectivity index (χ0v) is 18.2. The average Bonchev–Trinajstić information content (AvgIpc) is 3.08. The predicted octanol–water partition coefficient (Wildman–Crippen LogP) is 6.83. The van der Waals surface area contributed by atoms with E-state index in [0.29, 0.717) is 0 Å². The summed E-state index contributed by atoms with van der Waals surface area (Å²) < 4.78 is 11.0. The molecule has 2 aromatic carbocycles. The van der Waals surface area contributed by atoms with Crippen molar-refractivity contribution in [2.24, 2.45) is 0 Å². The fourth-order valence-corrected chi connectivity index (χ4v) is 4.95. The Morgan fingerprint density at radius 3 is 2.46 bits per heavy atom. The van der Waals surface area contributed by atoms with Crippen molar-refractivity contribution in [3.05, 3.63) is 76.7 Å². The lowest BCUT2D eigenvalue weighted by atomic mass is 10.0. The van der Waals surface area contributed by atoms with Crippen molar-refractivity contribution in [3.8, 4) is 11.5 Å². The number of benzene rings is 2. The number of rotatable bonds is 8. The Balaban J connectivity index is 1.58. The molecule has 3 rings (SSSR count). The highest BCUT2D eigenvalue weighted by molar-refractivity contribution is 8.04. The molecule has 0 spiro atoms. The number of hydrogen-bond acceptors (Lipinski definition) is 3. The second-order valence-electron chi connectivity index (χ2n) is 7.76. The monoisotopic (exact) mass is 394 g/mol. The summed E-state index contributed by atoms with van der Waals surface area (Å²) in [6.07, 6.45) is 6.54. The van der Waals surface area contributed by atoms with Gasteiger partial charge < -0.3 is 9.47 Å². The van der Waals surface area contributed by atoms with Crippen LogP contribution in [0, 0.1) is 6.92 Å². The topological polar surface area (TPSA) is 18.5 Å². The maximum atomic E-state index is 5.46. The molecular weight excluding hydrogens is 364 g/mol. The SMILES string of the molecule is C=C(CCc1ccc(C)cc1)SC1(C)CC=C(c2ccc(OC)c(OC)c2)C1. The highest BCUT2D eigenvalue weighted by atomic mass is 32.2. The zero-order chi connectivity index (χ0) is 20.1.